The zero-order valence-electron chi connectivity index (χ0n) is 13.6. The summed E-state index contributed by atoms with van der Waals surface area (Å²) in [5.74, 6) is 1.46. The highest BCUT2D eigenvalue weighted by molar-refractivity contribution is 5.89. The summed E-state index contributed by atoms with van der Waals surface area (Å²) in [7, 11) is 4.10. The molecule has 3 heterocycles. The summed E-state index contributed by atoms with van der Waals surface area (Å²) in [6, 6.07) is 4.70. The smallest absolute Gasteiger partial charge is 0.301 e. The number of aromatic nitrogens is 4. The molecule has 0 unspecified atom stereocenters. The molecule has 3 aromatic rings. The van der Waals surface area contributed by atoms with Crippen LogP contribution in [0.25, 0.3) is 16.6 Å². The van der Waals surface area contributed by atoms with Crippen LogP contribution in [0.15, 0.2) is 18.2 Å². The number of benzene rings is 1. The molecule has 120 valence electrons. The quantitative estimate of drug-likeness (QED) is 0.626. The van der Waals surface area contributed by atoms with Crippen molar-refractivity contribution in [2.75, 3.05) is 38.1 Å². The number of nitrogens with zero attached hydrogens (tertiary/aromatic N) is 6. The van der Waals surface area contributed by atoms with Crippen LogP contribution in [0, 0.1) is 12.7 Å². The summed E-state index contributed by atoms with van der Waals surface area (Å²) >= 11 is 0. The molecule has 2 aromatic heterocycles. The molecule has 0 amide bonds. The van der Waals surface area contributed by atoms with E-state index in [4.69, 9.17) is 4.98 Å². The normalized spacial score (nSPS) is 16.6. The van der Waals surface area contributed by atoms with E-state index in [2.05, 4.69) is 21.8 Å². The molecule has 6 nitrogen and oxygen atoms in total. The SMILES string of the molecule is Cc1nc2c3ccc(F)cc3nc(N3CCN(C)CC3)[n+]2n1C. The van der Waals surface area contributed by atoms with Gasteiger partial charge in [0.25, 0.3) is 5.65 Å². The summed E-state index contributed by atoms with van der Waals surface area (Å²) in [6.07, 6.45) is 0. The Hall–Kier alpha value is -2.28. The van der Waals surface area contributed by atoms with Crippen LogP contribution < -0.4 is 9.42 Å². The molecule has 0 bridgehead atoms. The van der Waals surface area contributed by atoms with Crippen molar-refractivity contribution < 1.29 is 8.91 Å². The summed E-state index contributed by atoms with van der Waals surface area (Å²) in [6.45, 7) is 5.74. The van der Waals surface area contributed by atoms with Gasteiger partial charge in [-0.25, -0.2) is 9.07 Å². The van der Waals surface area contributed by atoms with Crippen molar-refractivity contribution in [1.29, 1.82) is 0 Å². The molecule has 0 spiro atoms. The predicted molar refractivity (Wildman–Crippen MR) is 86.1 cm³/mol. The Balaban J connectivity index is 2.00. The zero-order chi connectivity index (χ0) is 16.1. The second-order valence-corrected chi connectivity index (χ2v) is 6.18. The van der Waals surface area contributed by atoms with Crippen molar-refractivity contribution in [3.05, 3.63) is 29.8 Å². The number of anilines is 1. The number of piperazine rings is 1. The third-order valence-electron chi connectivity index (χ3n) is 4.63. The minimum atomic E-state index is -0.272. The van der Waals surface area contributed by atoms with Crippen LogP contribution in [0.2, 0.25) is 0 Å². The van der Waals surface area contributed by atoms with Crippen LogP contribution in [-0.2, 0) is 7.05 Å². The molecular formula is C16H20FN6+. The summed E-state index contributed by atoms with van der Waals surface area (Å²) in [4.78, 5) is 14.0. The van der Waals surface area contributed by atoms with E-state index in [1.807, 2.05) is 23.2 Å². The van der Waals surface area contributed by atoms with Crippen LogP contribution in [0.4, 0.5) is 10.3 Å². The van der Waals surface area contributed by atoms with Gasteiger partial charge < -0.3 is 4.90 Å². The van der Waals surface area contributed by atoms with Gasteiger partial charge in [0, 0.05) is 33.1 Å². The van der Waals surface area contributed by atoms with Crippen molar-refractivity contribution in [3.8, 4) is 0 Å². The predicted octanol–water partition coefficient (Wildman–Crippen LogP) is 0.906. The van der Waals surface area contributed by atoms with Crippen molar-refractivity contribution >= 4 is 22.5 Å². The van der Waals surface area contributed by atoms with E-state index in [0.29, 0.717) is 5.52 Å². The topological polar surface area (TPSA) is 41.3 Å². The Kier molecular flexibility index (Phi) is 3.19. The number of halogens is 1. The van der Waals surface area contributed by atoms with Crippen LogP contribution in [0.5, 0.6) is 0 Å². The molecule has 1 fully saturated rings. The van der Waals surface area contributed by atoms with Gasteiger partial charge in [0.15, 0.2) is 5.82 Å². The van der Waals surface area contributed by atoms with Gasteiger partial charge in [0.2, 0.25) is 0 Å². The largest absolute Gasteiger partial charge is 0.372 e. The number of hydrogen-bond donors (Lipinski definition) is 0. The summed E-state index contributed by atoms with van der Waals surface area (Å²) in [5.41, 5.74) is 1.47. The fourth-order valence-electron chi connectivity index (χ4n) is 3.12. The standard InChI is InChI=1S/C16H20FN6/c1-11-18-15-13-5-4-12(17)10-14(13)19-16(23(15)21(11)3)22-8-6-20(2)7-9-22/h4-5,10H,6-9H2,1-3H3/q+1. The van der Waals surface area contributed by atoms with Gasteiger partial charge in [-0.15, -0.1) is 14.5 Å². The van der Waals surface area contributed by atoms with Gasteiger partial charge in [0.05, 0.1) is 18.5 Å². The molecule has 1 saturated heterocycles. The molecular weight excluding hydrogens is 295 g/mol. The van der Waals surface area contributed by atoms with Crippen LogP contribution in [-0.4, -0.2) is 52.8 Å². The van der Waals surface area contributed by atoms with E-state index in [9.17, 15) is 4.39 Å². The van der Waals surface area contributed by atoms with Gasteiger partial charge in [-0.3, -0.25) is 4.90 Å². The molecule has 7 heteroatoms. The Labute approximate surface area is 133 Å². The molecule has 4 rings (SSSR count). The van der Waals surface area contributed by atoms with E-state index >= 15 is 0 Å². The summed E-state index contributed by atoms with van der Waals surface area (Å²) in [5, 5.41) is 0.868. The Morgan fingerprint density at radius 1 is 1.09 bits per heavy atom. The van der Waals surface area contributed by atoms with Gasteiger partial charge in [0.1, 0.15) is 11.3 Å². The summed E-state index contributed by atoms with van der Waals surface area (Å²) < 4.78 is 17.7. The first-order valence-corrected chi connectivity index (χ1v) is 7.83. The lowest BCUT2D eigenvalue weighted by Crippen LogP contribution is -2.50. The number of rotatable bonds is 1. The highest BCUT2D eigenvalue weighted by atomic mass is 19.1. The van der Waals surface area contributed by atoms with E-state index in [0.717, 1.165) is 49.0 Å². The molecule has 0 radical (unpaired) electrons. The molecule has 0 aliphatic carbocycles. The Morgan fingerprint density at radius 2 is 1.83 bits per heavy atom. The van der Waals surface area contributed by atoms with E-state index < -0.39 is 0 Å². The lowest BCUT2D eigenvalue weighted by molar-refractivity contribution is -0.597. The van der Waals surface area contributed by atoms with Crippen molar-refractivity contribution in [2.45, 2.75) is 6.92 Å². The van der Waals surface area contributed by atoms with Crippen LogP contribution in [0.1, 0.15) is 5.82 Å². The second kappa shape index (κ2) is 5.13. The molecule has 23 heavy (non-hydrogen) atoms. The number of aryl methyl sites for hydroxylation is 2. The highest BCUT2D eigenvalue weighted by Crippen LogP contribution is 2.20. The average Bonchev–Trinajstić information content (AvgIpc) is 2.83. The zero-order valence-corrected chi connectivity index (χ0v) is 13.6. The molecule has 0 saturated carbocycles. The number of fused-ring (bicyclic) bond motifs is 3. The maximum absolute atomic E-state index is 13.7. The van der Waals surface area contributed by atoms with Gasteiger partial charge in [-0.1, -0.05) is 0 Å². The van der Waals surface area contributed by atoms with E-state index in [-0.39, 0.29) is 5.82 Å². The van der Waals surface area contributed by atoms with Crippen LogP contribution in [0.3, 0.4) is 0 Å². The first-order valence-electron chi connectivity index (χ1n) is 7.83. The van der Waals surface area contributed by atoms with Gasteiger partial charge in [-0.2, -0.15) is 0 Å². The molecule has 1 aromatic carbocycles. The van der Waals surface area contributed by atoms with Gasteiger partial charge >= 0.3 is 5.95 Å². The number of likely N-dealkylation sites (N-methyl/N-ethyl adjacent to an activating group) is 1. The van der Waals surface area contributed by atoms with Gasteiger partial charge in [-0.05, 0) is 19.2 Å². The van der Waals surface area contributed by atoms with Crippen molar-refractivity contribution in [1.82, 2.24) is 19.5 Å². The second-order valence-electron chi connectivity index (χ2n) is 6.18. The highest BCUT2D eigenvalue weighted by Gasteiger charge is 2.28. The van der Waals surface area contributed by atoms with Crippen molar-refractivity contribution in [2.24, 2.45) is 7.05 Å². The van der Waals surface area contributed by atoms with Crippen molar-refractivity contribution in [3.63, 3.8) is 0 Å². The fraction of sp³-hybridized carbons (Fsp3) is 0.438. The van der Waals surface area contributed by atoms with E-state index in [1.54, 1.807) is 6.07 Å². The monoisotopic (exact) mass is 315 g/mol. The minimum Gasteiger partial charge on any atom is -0.301 e. The fourth-order valence-corrected chi connectivity index (χ4v) is 3.12. The lowest BCUT2D eigenvalue weighted by atomic mass is 10.2. The Morgan fingerprint density at radius 3 is 2.57 bits per heavy atom. The first kappa shape index (κ1) is 14.3. The molecule has 0 N–H and O–H groups in total. The van der Waals surface area contributed by atoms with E-state index in [1.165, 1.54) is 12.1 Å². The maximum Gasteiger partial charge on any atom is 0.372 e. The minimum absolute atomic E-state index is 0.272. The maximum atomic E-state index is 13.7. The third kappa shape index (κ3) is 2.23. The van der Waals surface area contributed by atoms with Crippen LogP contribution >= 0.6 is 0 Å². The molecule has 1 aliphatic rings. The molecule has 1 aliphatic heterocycles. The third-order valence-corrected chi connectivity index (χ3v) is 4.63. The first-order chi connectivity index (χ1) is 11.0. The molecule has 0 atom stereocenters. The Bertz CT molecular complexity index is 895. The lowest BCUT2D eigenvalue weighted by Gasteiger charge is -2.29. The number of hydrogen-bond acceptors (Lipinski definition) is 4. The average molecular weight is 315 g/mol.